The lowest BCUT2D eigenvalue weighted by molar-refractivity contribution is 0.101. The van der Waals surface area contributed by atoms with Crippen molar-refractivity contribution in [3.63, 3.8) is 0 Å². The number of anilines is 1. The Hall–Kier alpha value is -2.54. The fourth-order valence-corrected chi connectivity index (χ4v) is 2.45. The molecular weight excluding hydrogens is 318 g/mol. The molecule has 0 fully saturated rings. The molecule has 0 atom stereocenters. The first-order valence-corrected chi connectivity index (χ1v) is 8.62. The molecule has 6 nitrogen and oxygen atoms in total. The van der Waals surface area contributed by atoms with Gasteiger partial charge < -0.3 is 9.47 Å². The average Bonchev–Trinajstić information content (AvgIpc) is 2.48. The first kappa shape index (κ1) is 16.8. The molecule has 0 heterocycles. The molecule has 2 aromatic rings. The largest absolute Gasteiger partial charge is 0.497 e. The lowest BCUT2D eigenvalue weighted by Crippen LogP contribution is -2.10. The Morgan fingerprint density at radius 1 is 1.04 bits per heavy atom. The standard InChI is InChI=1S/C16H17NO5S/c1-11(18)12-4-6-13(7-5-12)22-16-9-8-14(21-2)10-15(16)17-23(3,19)20/h4-10,17H,1-3H3. The van der Waals surface area contributed by atoms with Crippen LogP contribution in [0.1, 0.15) is 17.3 Å². The van der Waals surface area contributed by atoms with Gasteiger partial charge >= 0.3 is 0 Å². The lowest BCUT2D eigenvalue weighted by atomic mass is 10.1. The van der Waals surface area contributed by atoms with Gasteiger partial charge in [0.25, 0.3) is 0 Å². The number of hydrogen-bond acceptors (Lipinski definition) is 5. The lowest BCUT2D eigenvalue weighted by Gasteiger charge is -2.13. The number of carbonyl (C=O) groups excluding carboxylic acids is 1. The number of rotatable bonds is 6. The summed E-state index contributed by atoms with van der Waals surface area (Å²) in [7, 11) is -1.98. The normalized spacial score (nSPS) is 10.9. The topological polar surface area (TPSA) is 81.7 Å². The monoisotopic (exact) mass is 335 g/mol. The Bertz CT molecular complexity index is 813. The summed E-state index contributed by atoms with van der Waals surface area (Å²) >= 11 is 0. The van der Waals surface area contributed by atoms with E-state index in [0.29, 0.717) is 22.8 Å². The van der Waals surface area contributed by atoms with E-state index in [1.807, 2.05) is 0 Å². The molecule has 0 aliphatic heterocycles. The molecule has 2 rings (SSSR count). The number of ether oxygens (including phenoxy) is 2. The highest BCUT2D eigenvalue weighted by molar-refractivity contribution is 7.92. The van der Waals surface area contributed by atoms with Gasteiger partial charge in [-0.15, -0.1) is 0 Å². The van der Waals surface area contributed by atoms with Gasteiger partial charge in [-0.05, 0) is 43.3 Å². The predicted molar refractivity (Wildman–Crippen MR) is 88.0 cm³/mol. The molecule has 0 spiro atoms. The third kappa shape index (κ3) is 4.72. The fourth-order valence-electron chi connectivity index (χ4n) is 1.89. The van der Waals surface area contributed by atoms with E-state index in [1.54, 1.807) is 36.4 Å². The van der Waals surface area contributed by atoms with Crippen molar-refractivity contribution in [2.24, 2.45) is 0 Å². The van der Waals surface area contributed by atoms with Gasteiger partial charge in [0.05, 0.1) is 19.1 Å². The first-order valence-electron chi connectivity index (χ1n) is 6.73. The second-order valence-corrected chi connectivity index (χ2v) is 6.67. The molecule has 0 aliphatic rings. The second-order valence-electron chi connectivity index (χ2n) is 4.92. The molecule has 2 aromatic carbocycles. The molecule has 0 amide bonds. The summed E-state index contributed by atoms with van der Waals surface area (Å²) in [5.74, 6) is 1.26. The number of methoxy groups -OCH3 is 1. The molecule has 0 saturated carbocycles. The minimum absolute atomic E-state index is 0.0413. The van der Waals surface area contributed by atoms with Crippen LogP contribution < -0.4 is 14.2 Å². The number of hydrogen-bond donors (Lipinski definition) is 1. The molecule has 1 N–H and O–H groups in total. The molecular formula is C16H17NO5S. The summed E-state index contributed by atoms with van der Waals surface area (Å²) in [5, 5.41) is 0. The Labute approximate surface area is 135 Å². The Kier molecular flexibility index (Phi) is 4.90. The number of carbonyl (C=O) groups is 1. The molecule has 0 bridgehead atoms. The van der Waals surface area contributed by atoms with E-state index < -0.39 is 10.0 Å². The van der Waals surface area contributed by atoms with Gasteiger partial charge in [0, 0.05) is 11.6 Å². The minimum atomic E-state index is -3.47. The summed E-state index contributed by atoms with van der Waals surface area (Å²) in [6.07, 6.45) is 1.05. The maximum Gasteiger partial charge on any atom is 0.229 e. The summed E-state index contributed by atoms with van der Waals surface area (Å²) in [6.45, 7) is 1.48. The van der Waals surface area contributed by atoms with Gasteiger partial charge in [-0.3, -0.25) is 9.52 Å². The van der Waals surface area contributed by atoms with Gasteiger partial charge in [0.2, 0.25) is 10.0 Å². The number of sulfonamides is 1. The van der Waals surface area contributed by atoms with Crippen LogP contribution in [0.2, 0.25) is 0 Å². The molecule has 122 valence electrons. The smallest absolute Gasteiger partial charge is 0.229 e. The van der Waals surface area contributed by atoms with Crippen LogP contribution in [-0.2, 0) is 10.0 Å². The maximum absolute atomic E-state index is 11.5. The highest BCUT2D eigenvalue weighted by Gasteiger charge is 2.11. The maximum atomic E-state index is 11.5. The Morgan fingerprint density at radius 2 is 1.65 bits per heavy atom. The zero-order chi connectivity index (χ0) is 17.0. The summed E-state index contributed by atoms with van der Waals surface area (Å²) in [5.41, 5.74) is 0.837. The van der Waals surface area contributed by atoms with Crippen molar-refractivity contribution in [2.45, 2.75) is 6.92 Å². The molecule has 0 saturated heterocycles. The van der Waals surface area contributed by atoms with Crippen LogP contribution in [0.15, 0.2) is 42.5 Å². The number of benzene rings is 2. The Morgan fingerprint density at radius 3 is 2.17 bits per heavy atom. The molecule has 0 radical (unpaired) electrons. The summed E-state index contributed by atoms with van der Waals surface area (Å²) in [6, 6.07) is 11.4. The van der Waals surface area contributed by atoms with E-state index in [2.05, 4.69) is 4.72 Å². The first-order chi connectivity index (χ1) is 10.8. The van der Waals surface area contributed by atoms with Crippen molar-refractivity contribution < 1.29 is 22.7 Å². The SMILES string of the molecule is COc1ccc(Oc2ccc(C(C)=O)cc2)c(NS(C)(=O)=O)c1. The van der Waals surface area contributed by atoms with E-state index in [-0.39, 0.29) is 11.5 Å². The van der Waals surface area contributed by atoms with Gasteiger partial charge in [-0.1, -0.05) is 0 Å². The zero-order valence-corrected chi connectivity index (χ0v) is 13.8. The van der Waals surface area contributed by atoms with Crippen molar-refractivity contribution in [1.82, 2.24) is 0 Å². The number of Topliss-reactive ketones (excluding diaryl/α,β-unsaturated/α-hetero) is 1. The highest BCUT2D eigenvalue weighted by atomic mass is 32.2. The average molecular weight is 335 g/mol. The van der Waals surface area contributed by atoms with Crippen LogP contribution >= 0.6 is 0 Å². The fraction of sp³-hybridized carbons (Fsp3) is 0.188. The van der Waals surface area contributed by atoms with Crippen molar-refractivity contribution in [3.05, 3.63) is 48.0 Å². The van der Waals surface area contributed by atoms with Crippen LogP contribution in [0, 0.1) is 0 Å². The van der Waals surface area contributed by atoms with Crippen molar-refractivity contribution in [2.75, 3.05) is 18.1 Å². The predicted octanol–water partition coefficient (Wildman–Crippen LogP) is 3.06. The van der Waals surface area contributed by atoms with Gasteiger partial charge in [-0.25, -0.2) is 8.42 Å². The van der Waals surface area contributed by atoms with Crippen molar-refractivity contribution in [1.29, 1.82) is 0 Å². The van der Waals surface area contributed by atoms with Crippen LogP contribution in [-0.4, -0.2) is 27.6 Å². The van der Waals surface area contributed by atoms with E-state index in [0.717, 1.165) is 6.26 Å². The van der Waals surface area contributed by atoms with E-state index in [4.69, 9.17) is 9.47 Å². The highest BCUT2D eigenvalue weighted by Crippen LogP contribution is 2.33. The van der Waals surface area contributed by atoms with Crippen LogP contribution in [0.25, 0.3) is 0 Å². The molecule has 0 aliphatic carbocycles. The van der Waals surface area contributed by atoms with E-state index in [9.17, 15) is 13.2 Å². The minimum Gasteiger partial charge on any atom is -0.497 e. The van der Waals surface area contributed by atoms with E-state index in [1.165, 1.54) is 20.1 Å². The third-order valence-electron chi connectivity index (χ3n) is 2.97. The molecule has 7 heteroatoms. The molecule has 0 aromatic heterocycles. The zero-order valence-electron chi connectivity index (χ0n) is 13.0. The van der Waals surface area contributed by atoms with Crippen LogP contribution in [0.5, 0.6) is 17.2 Å². The third-order valence-corrected chi connectivity index (χ3v) is 3.56. The van der Waals surface area contributed by atoms with Crippen molar-refractivity contribution >= 4 is 21.5 Å². The van der Waals surface area contributed by atoms with Gasteiger partial charge in [-0.2, -0.15) is 0 Å². The quantitative estimate of drug-likeness (QED) is 0.821. The van der Waals surface area contributed by atoms with Gasteiger partial charge in [0.1, 0.15) is 11.5 Å². The molecule has 23 heavy (non-hydrogen) atoms. The van der Waals surface area contributed by atoms with Crippen LogP contribution in [0.4, 0.5) is 5.69 Å². The number of nitrogens with one attached hydrogen (secondary N) is 1. The summed E-state index contributed by atoms with van der Waals surface area (Å²) in [4.78, 5) is 11.3. The van der Waals surface area contributed by atoms with Crippen molar-refractivity contribution in [3.8, 4) is 17.2 Å². The Balaban J connectivity index is 2.32. The van der Waals surface area contributed by atoms with Gasteiger partial charge in [0.15, 0.2) is 11.5 Å². The molecule has 0 unspecified atom stereocenters. The number of ketones is 1. The summed E-state index contributed by atoms with van der Waals surface area (Å²) < 4.78 is 36.1. The van der Waals surface area contributed by atoms with Crippen LogP contribution in [0.3, 0.4) is 0 Å². The van der Waals surface area contributed by atoms with E-state index >= 15 is 0 Å². The second kappa shape index (κ2) is 6.70.